The summed E-state index contributed by atoms with van der Waals surface area (Å²) >= 11 is 0. The van der Waals surface area contributed by atoms with Gasteiger partial charge in [0.25, 0.3) is 0 Å². The zero-order valence-corrected chi connectivity index (χ0v) is 16.1. The smallest absolute Gasteiger partial charge is 0.101 e. The molecule has 0 heterocycles. The Kier molecular flexibility index (Phi) is 4.66. The number of rotatable bonds is 3. The molecule has 0 bridgehead atoms. The monoisotopic (exact) mass is 363 g/mol. The average molecular weight is 364 g/mol. The van der Waals surface area contributed by atoms with Crippen LogP contribution in [-0.4, -0.2) is 5.71 Å². The first kappa shape index (κ1) is 17.2. The third kappa shape index (κ3) is 3.22. The molecule has 0 unspecified atom stereocenters. The molecule has 0 amide bonds. The van der Waals surface area contributed by atoms with Gasteiger partial charge in [-0.3, -0.25) is 4.99 Å². The molecule has 0 saturated heterocycles. The lowest BCUT2D eigenvalue weighted by atomic mass is 9.90. The van der Waals surface area contributed by atoms with E-state index in [0.29, 0.717) is 0 Å². The van der Waals surface area contributed by atoms with E-state index in [0.717, 1.165) is 12.8 Å². The molecule has 1 fully saturated rings. The zero-order chi connectivity index (χ0) is 18.8. The van der Waals surface area contributed by atoms with Gasteiger partial charge in [0.15, 0.2) is 0 Å². The molecule has 0 atom stereocenters. The fourth-order valence-corrected chi connectivity index (χ4v) is 4.56. The predicted molar refractivity (Wildman–Crippen MR) is 120 cm³/mol. The summed E-state index contributed by atoms with van der Waals surface area (Å²) in [4.78, 5) is 5.39. The molecular formula is C27H25N. The van der Waals surface area contributed by atoms with Gasteiger partial charge < -0.3 is 0 Å². The van der Waals surface area contributed by atoms with Crippen LogP contribution in [0.1, 0.15) is 49.3 Å². The van der Waals surface area contributed by atoms with Crippen molar-refractivity contribution in [2.45, 2.75) is 38.1 Å². The van der Waals surface area contributed by atoms with Gasteiger partial charge in [-0.1, -0.05) is 91.3 Å². The van der Waals surface area contributed by atoms with E-state index in [1.165, 1.54) is 57.6 Å². The Labute approximate surface area is 166 Å². The van der Waals surface area contributed by atoms with Crippen molar-refractivity contribution < 1.29 is 0 Å². The minimum atomic E-state index is 0.0466. The van der Waals surface area contributed by atoms with E-state index >= 15 is 0 Å². The van der Waals surface area contributed by atoms with Crippen molar-refractivity contribution in [3.63, 3.8) is 0 Å². The number of benzene rings is 4. The maximum Gasteiger partial charge on any atom is 0.101 e. The van der Waals surface area contributed by atoms with Crippen LogP contribution in [0.5, 0.6) is 0 Å². The number of hydrogen-bond acceptors (Lipinski definition) is 1. The summed E-state index contributed by atoms with van der Waals surface area (Å²) in [6, 6.07) is 30.7. The van der Waals surface area contributed by atoms with E-state index in [1.54, 1.807) is 0 Å². The molecule has 1 saturated carbocycles. The van der Waals surface area contributed by atoms with Crippen LogP contribution < -0.4 is 0 Å². The number of aliphatic imine (C=N–C) groups is 1. The summed E-state index contributed by atoms with van der Waals surface area (Å²) in [5.41, 5.74) is 4.01. The minimum absolute atomic E-state index is 0.0466. The molecule has 1 heteroatoms. The van der Waals surface area contributed by atoms with Crippen LogP contribution in [0.2, 0.25) is 0 Å². The van der Waals surface area contributed by atoms with Crippen molar-refractivity contribution in [2.24, 2.45) is 4.99 Å². The molecule has 4 aromatic carbocycles. The molecule has 0 N–H and O–H groups in total. The van der Waals surface area contributed by atoms with Crippen molar-refractivity contribution in [3.8, 4) is 0 Å². The van der Waals surface area contributed by atoms with Gasteiger partial charge in [0.2, 0.25) is 0 Å². The molecular weight excluding hydrogens is 338 g/mol. The van der Waals surface area contributed by atoms with Crippen LogP contribution >= 0.6 is 0 Å². The lowest BCUT2D eigenvalue weighted by molar-refractivity contribution is 0.659. The standard InChI is InChI=1S/C27H25N/c1-2-14-22(15-3-1)28-27(25-18-8-12-20-10-4-6-16-23(20)25)26-19-9-13-21-11-5-7-17-24(21)26/h4-13,16-19,27H,1-3,14-15H2. The molecule has 1 nitrogen and oxygen atoms in total. The second kappa shape index (κ2) is 7.59. The fourth-order valence-electron chi connectivity index (χ4n) is 4.56. The highest BCUT2D eigenvalue weighted by molar-refractivity contribution is 5.91. The second-order valence-corrected chi connectivity index (χ2v) is 7.80. The summed E-state index contributed by atoms with van der Waals surface area (Å²) in [6.45, 7) is 0. The van der Waals surface area contributed by atoms with Crippen LogP contribution in [0.4, 0.5) is 0 Å². The Morgan fingerprint density at radius 3 is 1.61 bits per heavy atom. The Bertz CT molecular complexity index is 1060. The van der Waals surface area contributed by atoms with Gasteiger partial charge in [0.1, 0.15) is 6.04 Å². The summed E-state index contributed by atoms with van der Waals surface area (Å²) < 4.78 is 0. The van der Waals surface area contributed by atoms with Gasteiger partial charge in [-0.15, -0.1) is 0 Å². The van der Waals surface area contributed by atoms with Crippen LogP contribution in [0.15, 0.2) is 89.9 Å². The van der Waals surface area contributed by atoms with E-state index in [4.69, 9.17) is 4.99 Å². The van der Waals surface area contributed by atoms with Crippen molar-refractivity contribution in [3.05, 3.63) is 96.1 Å². The molecule has 138 valence electrons. The largest absolute Gasteiger partial charge is 0.281 e. The lowest BCUT2D eigenvalue weighted by Gasteiger charge is -2.21. The normalized spacial score (nSPS) is 14.7. The van der Waals surface area contributed by atoms with Gasteiger partial charge in [0, 0.05) is 5.71 Å². The van der Waals surface area contributed by atoms with E-state index in [1.807, 2.05) is 0 Å². The highest BCUT2D eigenvalue weighted by Crippen LogP contribution is 2.36. The molecule has 0 radical (unpaired) electrons. The summed E-state index contributed by atoms with van der Waals surface area (Å²) in [5, 5.41) is 5.19. The average Bonchev–Trinajstić information content (AvgIpc) is 2.78. The Morgan fingerprint density at radius 1 is 0.536 bits per heavy atom. The molecule has 1 aliphatic carbocycles. The summed E-state index contributed by atoms with van der Waals surface area (Å²) in [7, 11) is 0. The first-order valence-electron chi connectivity index (χ1n) is 10.4. The van der Waals surface area contributed by atoms with Gasteiger partial charge in [0.05, 0.1) is 0 Å². The van der Waals surface area contributed by atoms with Crippen LogP contribution in [0, 0.1) is 0 Å². The molecule has 5 rings (SSSR count). The molecule has 0 spiro atoms. The van der Waals surface area contributed by atoms with Gasteiger partial charge in [-0.25, -0.2) is 0 Å². The SMILES string of the molecule is c1ccc2c(C(N=C3CCCCC3)c3cccc4ccccc34)cccc2c1. The van der Waals surface area contributed by atoms with Gasteiger partial charge in [-0.2, -0.15) is 0 Å². The maximum atomic E-state index is 5.39. The van der Waals surface area contributed by atoms with Gasteiger partial charge >= 0.3 is 0 Å². The Hall–Kier alpha value is -2.93. The predicted octanol–water partition coefficient (Wildman–Crippen LogP) is 7.49. The van der Waals surface area contributed by atoms with E-state index in [9.17, 15) is 0 Å². The first-order chi connectivity index (χ1) is 13.9. The van der Waals surface area contributed by atoms with Crippen molar-refractivity contribution in [2.75, 3.05) is 0 Å². The molecule has 0 aromatic heterocycles. The molecule has 4 aromatic rings. The number of fused-ring (bicyclic) bond motifs is 2. The third-order valence-corrected chi connectivity index (χ3v) is 5.98. The Morgan fingerprint density at radius 2 is 1.04 bits per heavy atom. The Balaban J connectivity index is 1.75. The topological polar surface area (TPSA) is 12.4 Å². The molecule has 0 aliphatic heterocycles. The maximum absolute atomic E-state index is 5.39. The highest BCUT2D eigenvalue weighted by Gasteiger charge is 2.19. The summed E-state index contributed by atoms with van der Waals surface area (Å²) in [6.07, 6.45) is 6.18. The minimum Gasteiger partial charge on any atom is -0.281 e. The van der Waals surface area contributed by atoms with Crippen LogP contribution in [-0.2, 0) is 0 Å². The number of nitrogens with zero attached hydrogens (tertiary/aromatic N) is 1. The van der Waals surface area contributed by atoms with Crippen LogP contribution in [0.25, 0.3) is 21.5 Å². The van der Waals surface area contributed by atoms with Crippen molar-refractivity contribution in [1.82, 2.24) is 0 Å². The van der Waals surface area contributed by atoms with Crippen molar-refractivity contribution >= 4 is 27.3 Å². The first-order valence-corrected chi connectivity index (χ1v) is 10.4. The second-order valence-electron chi connectivity index (χ2n) is 7.80. The van der Waals surface area contributed by atoms with Gasteiger partial charge in [-0.05, 0) is 58.4 Å². The highest BCUT2D eigenvalue weighted by atomic mass is 14.8. The van der Waals surface area contributed by atoms with Crippen LogP contribution in [0.3, 0.4) is 0 Å². The molecule has 28 heavy (non-hydrogen) atoms. The van der Waals surface area contributed by atoms with Crippen molar-refractivity contribution in [1.29, 1.82) is 0 Å². The lowest BCUT2D eigenvalue weighted by Crippen LogP contribution is -2.09. The fraction of sp³-hybridized carbons (Fsp3) is 0.222. The molecule has 1 aliphatic rings. The van der Waals surface area contributed by atoms with E-state index in [-0.39, 0.29) is 6.04 Å². The third-order valence-electron chi connectivity index (χ3n) is 5.98. The van der Waals surface area contributed by atoms with E-state index < -0.39 is 0 Å². The summed E-state index contributed by atoms with van der Waals surface area (Å²) in [5.74, 6) is 0. The zero-order valence-electron chi connectivity index (χ0n) is 16.1. The van der Waals surface area contributed by atoms with E-state index in [2.05, 4.69) is 84.9 Å². The number of hydrogen-bond donors (Lipinski definition) is 0. The quantitative estimate of drug-likeness (QED) is 0.357.